The first-order valence-corrected chi connectivity index (χ1v) is 5.94. The zero-order valence-electron chi connectivity index (χ0n) is 10.5. The van der Waals surface area contributed by atoms with Crippen LogP contribution in [0.2, 0.25) is 0 Å². The Morgan fingerprint density at radius 2 is 2.07 bits per heavy atom. The van der Waals surface area contributed by atoms with Crippen molar-refractivity contribution in [3.8, 4) is 0 Å². The van der Waals surface area contributed by atoms with Crippen LogP contribution >= 0.6 is 0 Å². The van der Waals surface area contributed by atoms with Crippen molar-refractivity contribution >= 4 is 5.84 Å². The van der Waals surface area contributed by atoms with Gasteiger partial charge in [-0.05, 0) is 30.6 Å². The summed E-state index contributed by atoms with van der Waals surface area (Å²) in [7, 11) is 0. The maximum atomic E-state index is 5.48. The molecule has 88 valence electrons. The van der Waals surface area contributed by atoms with Gasteiger partial charge in [0.15, 0.2) is 0 Å². The number of hydrogen-bond donors (Lipinski definition) is 2. The van der Waals surface area contributed by atoms with E-state index in [2.05, 4.69) is 38.1 Å². The molecule has 3 nitrogen and oxygen atoms in total. The molecule has 1 fully saturated rings. The van der Waals surface area contributed by atoms with Gasteiger partial charge in [0, 0.05) is 6.42 Å². The van der Waals surface area contributed by atoms with Crippen LogP contribution in [0.15, 0.2) is 4.99 Å². The molecule has 0 amide bonds. The van der Waals surface area contributed by atoms with Crippen LogP contribution in [0.1, 0.15) is 53.4 Å². The van der Waals surface area contributed by atoms with Crippen LogP contribution in [0.25, 0.3) is 0 Å². The van der Waals surface area contributed by atoms with Gasteiger partial charge in [-0.2, -0.15) is 0 Å². The molecule has 3 N–H and O–H groups in total. The Hall–Kier alpha value is -0.570. The van der Waals surface area contributed by atoms with Crippen LogP contribution in [-0.4, -0.2) is 11.9 Å². The Kier molecular flexibility index (Phi) is 4.14. The summed E-state index contributed by atoms with van der Waals surface area (Å²) in [6.45, 7) is 9.09. The molecular formula is C12H25N3. The maximum absolute atomic E-state index is 5.48. The first-order valence-electron chi connectivity index (χ1n) is 5.94. The molecule has 0 saturated heterocycles. The van der Waals surface area contributed by atoms with Gasteiger partial charge in [0.2, 0.25) is 0 Å². The lowest BCUT2D eigenvalue weighted by Gasteiger charge is -2.23. The third-order valence-electron chi connectivity index (χ3n) is 2.55. The van der Waals surface area contributed by atoms with E-state index in [1.807, 2.05) is 0 Å². The number of hydrazine groups is 1. The monoisotopic (exact) mass is 211 g/mol. The Morgan fingerprint density at radius 3 is 2.47 bits per heavy atom. The van der Waals surface area contributed by atoms with Crippen molar-refractivity contribution in [3.05, 3.63) is 0 Å². The molecule has 15 heavy (non-hydrogen) atoms. The topological polar surface area (TPSA) is 50.4 Å². The van der Waals surface area contributed by atoms with Crippen molar-refractivity contribution in [1.82, 2.24) is 5.43 Å². The minimum Gasteiger partial charge on any atom is -0.312 e. The quantitative estimate of drug-likeness (QED) is 0.325. The van der Waals surface area contributed by atoms with Gasteiger partial charge >= 0.3 is 0 Å². The summed E-state index contributed by atoms with van der Waals surface area (Å²) in [4.78, 5) is 4.56. The van der Waals surface area contributed by atoms with Crippen molar-refractivity contribution < 1.29 is 0 Å². The van der Waals surface area contributed by atoms with E-state index in [9.17, 15) is 0 Å². The summed E-state index contributed by atoms with van der Waals surface area (Å²) < 4.78 is 0. The van der Waals surface area contributed by atoms with Crippen LogP contribution < -0.4 is 11.3 Å². The standard InChI is InChI=1S/C12H25N3/c1-9(8-12(2,3)4)7-11(15-13)14-10-5-6-10/h9-10H,5-8,13H2,1-4H3,(H,14,15). The van der Waals surface area contributed by atoms with Crippen molar-refractivity contribution in [2.75, 3.05) is 0 Å². The lowest BCUT2D eigenvalue weighted by atomic mass is 9.84. The number of rotatable bonds is 4. The minimum atomic E-state index is 0.388. The molecule has 0 bridgehead atoms. The zero-order valence-corrected chi connectivity index (χ0v) is 10.5. The highest BCUT2D eigenvalue weighted by atomic mass is 15.3. The van der Waals surface area contributed by atoms with Crippen molar-refractivity contribution in [2.24, 2.45) is 22.2 Å². The molecule has 0 aromatic heterocycles. The van der Waals surface area contributed by atoms with Gasteiger partial charge in [0.1, 0.15) is 5.84 Å². The molecule has 1 atom stereocenters. The Labute approximate surface area is 93.5 Å². The third-order valence-corrected chi connectivity index (χ3v) is 2.55. The van der Waals surface area contributed by atoms with Crippen molar-refractivity contribution in [2.45, 2.75) is 59.4 Å². The highest BCUT2D eigenvalue weighted by molar-refractivity contribution is 5.82. The minimum absolute atomic E-state index is 0.388. The number of hydrogen-bond acceptors (Lipinski definition) is 2. The number of nitrogens with two attached hydrogens (primary N) is 1. The predicted molar refractivity (Wildman–Crippen MR) is 65.6 cm³/mol. The van der Waals surface area contributed by atoms with E-state index in [0.717, 1.165) is 12.3 Å². The molecule has 3 heteroatoms. The second-order valence-electron chi connectivity index (χ2n) is 6.03. The molecule has 1 rings (SSSR count). The Morgan fingerprint density at radius 1 is 1.47 bits per heavy atom. The first-order chi connectivity index (χ1) is 6.90. The molecule has 1 aliphatic carbocycles. The summed E-state index contributed by atoms with van der Waals surface area (Å²) in [6.07, 6.45) is 4.65. The summed E-state index contributed by atoms with van der Waals surface area (Å²) >= 11 is 0. The fraction of sp³-hybridized carbons (Fsp3) is 0.917. The summed E-state index contributed by atoms with van der Waals surface area (Å²) in [6, 6.07) is 0.554. The molecule has 1 unspecified atom stereocenters. The molecule has 1 saturated carbocycles. The highest BCUT2D eigenvalue weighted by Crippen LogP contribution is 2.27. The van der Waals surface area contributed by atoms with Crippen LogP contribution in [0.5, 0.6) is 0 Å². The van der Waals surface area contributed by atoms with Crippen molar-refractivity contribution in [3.63, 3.8) is 0 Å². The average Bonchev–Trinajstić information content (AvgIpc) is 2.83. The van der Waals surface area contributed by atoms with E-state index in [4.69, 9.17) is 5.84 Å². The highest BCUT2D eigenvalue weighted by Gasteiger charge is 2.22. The Balaban J connectivity index is 2.37. The van der Waals surface area contributed by atoms with E-state index < -0.39 is 0 Å². The summed E-state index contributed by atoms with van der Waals surface area (Å²) in [5.41, 5.74) is 3.13. The molecule has 0 spiro atoms. The van der Waals surface area contributed by atoms with Gasteiger partial charge in [-0.25, -0.2) is 5.84 Å². The van der Waals surface area contributed by atoms with Gasteiger partial charge in [-0.1, -0.05) is 27.7 Å². The largest absolute Gasteiger partial charge is 0.312 e. The van der Waals surface area contributed by atoms with Crippen LogP contribution in [0, 0.1) is 11.3 Å². The third kappa shape index (κ3) is 5.78. The van der Waals surface area contributed by atoms with E-state index in [-0.39, 0.29) is 0 Å². The van der Waals surface area contributed by atoms with E-state index in [0.29, 0.717) is 17.4 Å². The van der Waals surface area contributed by atoms with Gasteiger partial charge < -0.3 is 5.43 Å². The number of aliphatic imine (C=N–C) groups is 1. The first kappa shape index (κ1) is 12.5. The van der Waals surface area contributed by atoms with Gasteiger partial charge in [0.05, 0.1) is 6.04 Å². The van der Waals surface area contributed by atoms with E-state index >= 15 is 0 Å². The normalized spacial score (nSPS) is 20.2. The van der Waals surface area contributed by atoms with E-state index in [1.54, 1.807) is 0 Å². The summed E-state index contributed by atoms with van der Waals surface area (Å²) in [5.74, 6) is 7.10. The zero-order chi connectivity index (χ0) is 11.5. The predicted octanol–water partition coefficient (Wildman–Crippen LogP) is 2.47. The van der Waals surface area contributed by atoms with Crippen molar-refractivity contribution in [1.29, 1.82) is 0 Å². The van der Waals surface area contributed by atoms with Gasteiger partial charge in [0.25, 0.3) is 0 Å². The van der Waals surface area contributed by atoms with E-state index in [1.165, 1.54) is 19.3 Å². The maximum Gasteiger partial charge on any atom is 0.111 e. The molecule has 0 aliphatic heterocycles. The molecule has 1 aliphatic rings. The molecule has 0 heterocycles. The fourth-order valence-electron chi connectivity index (χ4n) is 2.02. The van der Waals surface area contributed by atoms with Crippen LogP contribution in [-0.2, 0) is 0 Å². The van der Waals surface area contributed by atoms with Gasteiger partial charge in [-0.15, -0.1) is 0 Å². The van der Waals surface area contributed by atoms with Gasteiger partial charge in [-0.3, -0.25) is 4.99 Å². The average molecular weight is 211 g/mol. The molecule has 0 aromatic carbocycles. The lowest BCUT2D eigenvalue weighted by molar-refractivity contribution is 0.311. The molecule has 0 radical (unpaired) electrons. The second kappa shape index (κ2) is 4.97. The number of amidine groups is 1. The second-order valence-corrected chi connectivity index (χ2v) is 6.03. The number of nitrogens with zero attached hydrogens (tertiary/aromatic N) is 1. The summed E-state index contributed by atoms with van der Waals surface area (Å²) in [5, 5.41) is 0. The van der Waals surface area contributed by atoms with Crippen LogP contribution in [0.3, 0.4) is 0 Å². The SMILES string of the molecule is CC(CC(=NC1CC1)NN)CC(C)(C)C. The fourth-order valence-corrected chi connectivity index (χ4v) is 2.02. The number of nitrogens with one attached hydrogen (secondary N) is 1. The molecular weight excluding hydrogens is 186 g/mol. The Bertz CT molecular complexity index is 224. The lowest BCUT2D eigenvalue weighted by Crippen LogP contribution is -2.32. The smallest absolute Gasteiger partial charge is 0.111 e. The molecule has 0 aromatic rings. The van der Waals surface area contributed by atoms with Crippen LogP contribution in [0.4, 0.5) is 0 Å².